The van der Waals surface area contributed by atoms with E-state index in [9.17, 15) is 14.7 Å². The molecule has 2 unspecified atom stereocenters. The Morgan fingerprint density at radius 1 is 1.04 bits per heavy atom. The molecule has 1 saturated heterocycles. The average Bonchev–Trinajstić information content (AvgIpc) is 3.22. The number of carbonyl (C=O) groups excluding carboxylic acids is 2. The van der Waals surface area contributed by atoms with Crippen molar-refractivity contribution in [2.45, 2.75) is 51.0 Å². The maximum Gasteiger partial charge on any atom is 0.226 e. The van der Waals surface area contributed by atoms with Crippen LogP contribution in [0.15, 0.2) is 30.3 Å². The summed E-state index contributed by atoms with van der Waals surface area (Å²) < 4.78 is 0. The third kappa shape index (κ3) is 4.64. The van der Waals surface area contributed by atoms with Gasteiger partial charge in [-0.1, -0.05) is 43.2 Å². The van der Waals surface area contributed by atoms with E-state index in [-0.39, 0.29) is 36.3 Å². The molecule has 2 amide bonds. The zero-order valence-electron chi connectivity index (χ0n) is 15.4. The predicted molar refractivity (Wildman–Crippen MR) is 100 cm³/mol. The van der Waals surface area contributed by atoms with Crippen LogP contribution in [0.4, 0.5) is 0 Å². The molecule has 1 saturated carbocycles. The summed E-state index contributed by atoms with van der Waals surface area (Å²) in [7, 11) is 0. The van der Waals surface area contributed by atoms with Crippen molar-refractivity contribution < 1.29 is 14.7 Å². The fraction of sp³-hybridized carbons (Fsp3) is 0.619. The third-order valence-corrected chi connectivity index (χ3v) is 5.73. The molecule has 0 aromatic heterocycles. The van der Waals surface area contributed by atoms with Gasteiger partial charge in [0.1, 0.15) is 0 Å². The number of carbonyl (C=O) groups is 2. The van der Waals surface area contributed by atoms with Crippen LogP contribution >= 0.6 is 0 Å². The first-order chi connectivity index (χ1) is 12.7. The van der Waals surface area contributed by atoms with Gasteiger partial charge in [-0.2, -0.15) is 0 Å². The van der Waals surface area contributed by atoms with Gasteiger partial charge in [0.2, 0.25) is 11.8 Å². The Morgan fingerprint density at radius 2 is 1.69 bits per heavy atom. The van der Waals surface area contributed by atoms with Gasteiger partial charge in [0.15, 0.2) is 0 Å². The van der Waals surface area contributed by atoms with Crippen molar-refractivity contribution >= 4 is 11.8 Å². The van der Waals surface area contributed by atoms with Gasteiger partial charge in [0, 0.05) is 24.9 Å². The highest BCUT2D eigenvalue weighted by Crippen LogP contribution is 2.32. The lowest BCUT2D eigenvalue weighted by atomic mass is 9.77. The lowest BCUT2D eigenvalue weighted by Gasteiger charge is -2.33. The number of aliphatic hydroxyl groups is 1. The van der Waals surface area contributed by atoms with Gasteiger partial charge in [0.05, 0.1) is 12.6 Å². The smallest absolute Gasteiger partial charge is 0.226 e. The van der Waals surface area contributed by atoms with Crippen molar-refractivity contribution in [2.75, 3.05) is 19.7 Å². The summed E-state index contributed by atoms with van der Waals surface area (Å²) >= 11 is 0. The molecule has 1 aromatic rings. The Kier molecular flexibility index (Phi) is 6.67. The fourth-order valence-electron chi connectivity index (χ4n) is 4.28. The first-order valence-corrected chi connectivity index (χ1v) is 9.93. The lowest BCUT2D eigenvalue weighted by molar-refractivity contribution is -0.143. The monoisotopic (exact) mass is 358 g/mol. The van der Waals surface area contributed by atoms with Gasteiger partial charge in [-0.3, -0.25) is 9.59 Å². The molecule has 2 N–H and O–H groups in total. The molecule has 1 aliphatic carbocycles. The number of benzene rings is 1. The molecule has 3 atom stereocenters. The number of rotatable bonds is 6. The normalized spacial score (nSPS) is 24.3. The minimum atomic E-state index is -0.311. The number of nitrogens with zero attached hydrogens (tertiary/aromatic N) is 1. The van der Waals surface area contributed by atoms with Crippen molar-refractivity contribution in [3.8, 4) is 0 Å². The van der Waals surface area contributed by atoms with E-state index in [1.165, 1.54) is 0 Å². The molecule has 1 aromatic carbocycles. The molecule has 142 valence electrons. The van der Waals surface area contributed by atoms with Crippen LogP contribution in [0.3, 0.4) is 0 Å². The van der Waals surface area contributed by atoms with Crippen LogP contribution < -0.4 is 5.32 Å². The summed E-state index contributed by atoms with van der Waals surface area (Å²) in [5, 5.41) is 12.7. The Balaban J connectivity index is 1.62. The zero-order valence-corrected chi connectivity index (χ0v) is 15.4. The second kappa shape index (κ2) is 9.17. The van der Waals surface area contributed by atoms with Crippen molar-refractivity contribution in [2.24, 2.45) is 11.8 Å². The number of amides is 2. The molecular weight excluding hydrogens is 328 g/mol. The molecule has 1 aliphatic heterocycles. The van der Waals surface area contributed by atoms with Crippen LogP contribution in [-0.2, 0) is 16.0 Å². The van der Waals surface area contributed by atoms with E-state index in [1.807, 2.05) is 35.2 Å². The molecule has 2 fully saturated rings. The predicted octanol–water partition coefficient (Wildman–Crippen LogP) is 2.13. The van der Waals surface area contributed by atoms with E-state index in [4.69, 9.17) is 0 Å². The van der Waals surface area contributed by atoms with Crippen molar-refractivity contribution in [3.63, 3.8) is 0 Å². The average molecular weight is 358 g/mol. The summed E-state index contributed by atoms with van der Waals surface area (Å²) in [6, 6.07) is 9.54. The van der Waals surface area contributed by atoms with E-state index in [2.05, 4.69) is 5.32 Å². The number of likely N-dealkylation sites (tertiary alicyclic amines) is 1. The zero-order chi connectivity index (χ0) is 18.4. The van der Waals surface area contributed by atoms with Gasteiger partial charge in [-0.15, -0.1) is 0 Å². The third-order valence-electron chi connectivity index (χ3n) is 5.73. The van der Waals surface area contributed by atoms with Crippen molar-refractivity contribution in [1.29, 1.82) is 0 Å². The second-order valence-electron chi connectivity index (χ2n) is 7.61. The highest BCUT2D eigenvalue weighted by molar-refractivity contribution is 5.88. The molecule has 1 heterocycles. The maximum atomic E-state index is 12.9. The molecule has 0 radical (unpaired) electrons. The summed E-state index contributed by atoms with van der Waals surface area (Å²) in [5.74, 6) is -0.372. The van der Waals surface area contributed by atoms with Crippen molar-refractivity contribution in [1.82, 2.24) is 10.2 Å². The minimum absolute atomic E-state index is 0.0720. The fourth-order valence-corrected chi connectivity index (χ4v) is 4.28. The van der Waals surface area contributed by atoms with E-state index in [1.54, 1.807) is 0 Å². The number of hydrogen-bond acceptors (Lipinski definition) is 3. The number of nitrogens with one attached hydrogen (secondary N) is 1. The van der Waals surface area contributed by atoms with Crippen LogP contribution in [0.1, 0.15) is 44.1 Å². The van der Waals surface area contributed by atoms with Crippen LogP contribution in [0, 0.1) is 11.8 Å². The highest BCUT2D eigenvalue weighted by atomic mass is 16.3. The first kappa shape index (κ1) is 18.9. The van der Waals surface area contributed by atoms with Crippen LogP contribution in [0.5, 0.6) is 0 Å². The largest absolute Gasteiger partial charge is 0.394 e. The Morgan fingerprint density at radius 3 is 2.35 bits per heavy atom. The Bertz CT molecular complexity index is 599. The van der Waals surface area contributed by atoms with Gasteiger partial charge < -0.3 is 15.3 Å². The lowest BCUT2D eigenvalue weighted by Crippen LogP contribution is -2.48. The van der Waals surface area contributed by atoms with E-state index >= 15 is 0 Å². The minimum Gasteiger partial charge on any atom is -0.394 e. The van der Waals surface area contributed by atoms with Crippen molar-refractivity contribution in [3.05, 3.63) is 35.9 Å². The summed E-state index contributed by atoms with van der Waals surface area (Å²) in [6.07, 6.45) is 6.31. The van der Waals surface area contributed by atoms with Crippen LogP contribution in [0.25, 0.3) is 0 Å². The van der Waals surface area contributed by atoms with Gasteiger partial charge >= 0.3 is 0 Å². The molecule has 2 aliphatic rings. The van der Waals surface area contributed by atoms with Gasteiger partial charge in [-0.05, 0) is 37.7 Å². The Labute approximate surface area is 155 Å². The highest BCUT2D eigenvalue weighted by Gasteiger charge is 2.38. The molecule has 0 bridgehead atoms. The molecule has 3 rings (SSSR count). The van der Waals surface area contributed by atoms with Crippen LogP contribution in [0.2, 0.25) is 0 Å². The van der Waals surface area contributed by atoms with E-state index < -0.39 is 0 Å². The van der Waals surface area contributed by atoms with E-state index in [0.29, 0.717) is 6.42 Å². The first-order valence-electron chi connectivity index (χ1n) is 9.93. The molecule has 5 nitrogen and oxygen atoms in total. The topological polar surface area (TPSA) is 69.6 Å². The summed E-state index contributed by atoms with van der Waals surface area (Å²) in [4.78, 5) is 27.7. The van der Waals surface area contributed by atoms with Gasteiger partial charge in [-0.25, -0.2) is 0 Å². The maximum absolute atomic E-state index is 12.9. The van der Waals surface area contributed by atoms with Gasteiger partial charge in [0.25, 0.3) is 0 Å². The quantitative estimate of drug-likeness (QED) is 0.818. The molecule has 0 spiro atoms. The van der Waals surface area contributed by atoms with E-state index in [0.717, 1.165) is 57.2 Å². The standard InChI is InChI=1S/C21H30N2O3/c24-15-17(14-16-8-2-1-3-9-16)22-20(25)18-10-4-5-11-19(18)21(26)23-12-6-7-13-23/h1-3,8-9,17-19,24H,4-7,10-15H2,(H,22,25)/t17-,18?,19?/m0/s1. The number of hydrogen-bond donors (Lipinski definition) is 2. The molecule has 26 heavy (non-hydrogen) atoms. The van der Waals surface area contributed by atoms with Crippen LogP contribution in [-0.4, -0.2) is 47.6 Å². The Hall–Kier alpha value is -1.88. The second-order valence-corrected chi connectivity index (χ2v) is 7.61. The SMILES string of the molecule is O=C(N[C@H](CO)Cc1ccccc1)C1CCCCC1C(=O)N1CCCC1. The summed E-state index contributed by atoms with van der Waals surface area (Å²) in [5.41, 5.74) is 1.08. The molecule has 5 heteroatoms. The molecular formula is C21H30N2O3. The number of aliphatic hydroxyl groups excluding tert-OH is 1. The summed E-state index contributed by atoms with van der Waals surface area (Å²) in [6.45, 7) is 1.56.